The lowest BCUT2D eigenvalue weighted by Gasteiger charge is -2.33. The average molecular weight is 566 g/mol. The Morgan fingerprint density at radius 2 is 1.60 bits per heavy atom. The largest absolute Gasteiger partial charge is 0.497 e. The Bertz CT molecular complexity index is 1410. The van der Waals surface area contributed by atoms with E-state index in [0.29, 0.717) is 11.4 Å². The molecule has 0 heterocycles. The summed E-state index contributed by atoms with van der Waals surface area (Å²) in [4.78, 5) is 28.7. The molecule has 0 aliphatic rings. The Hall–Kier alpha value is -3.85. The predicted molar refractivity (Wildman–Crippen MR) is 158 cm³/mol. The summed E-state index contributed by atoms with van der Waals surface area (Å²) in [5.41, 5.74) is 2.88. The number of hydrogen-bond donors (Lipinski definition) is 1. The van der Waals surface area contributed by atoms with Gasteiger partial charge in [-0.05, 0) is 75.6 Å². The van der Waals surface area contributed by atoms with Gasteiger partial charge < -0.3 is 15.0 Å². The standard InChI is InChI=1S/C31H39N3O5S/c1-7-24(4)32-31(36)25(5)33(20-26-14-16-27(39-6)17-15-26)30(35)21-34(29-18-13-22(2)19-23(29)3)40(37,38)28-11-9-8-10-12-28/h8-19,24-25H,7,20-21H2,1-6H3,(H,32,36). The molecule has 0 radical (unpaired) electrons. The maximum absolute atomic E-state index is 14.0. The number of methoxy groups -OCH3 is 1. The Kier molecular flexibility index (Phi) is 10.3. The van der Waals surface area contributed by atoms with E-state index in [1.165, 1.54) is 17.0 Å². The fourth-order valence-electron chi connectivity index (χ4n) is 4.29. The van der Waals surface area contributed by atoms with Gasteiger partial charge in [-0.25, -0.2) is 8.42 Å². The van der Waals surface area contributed by atoms with Crippen LogP contribution in [0.25, 0.3) is 0 Å². The second kappa shape index (κ2) is 13.5. The number of hydrogen-bond acceptors (Lipinski definition) is 5. The highest BCUT2D eigenvalue weighted by molar-refractivity contribution is 7.92. The van der Waals surface area contributed by atoms with Gasteiger partial charge in [0.1, 0.15) is 18.3 Å². The Balaban J connectivity index is 2.04. The summed E-state index contributed by atoms with van der Waals surface area (Å²) in [5, 5.41) is 2.94. The number of sulfonamides is 1. The topological polar surface area (TPSA) is 96.0 Å². The van der Waals surface area contributed by atoms with Gasteiger partial charge in [0, 0.05) is 12.6 Å². The van der Waals surface area contributed by atoms with E-state index in [2.05, 4.69) is 5.32 Å². The molecule has 3 aromatic carbocycles. The Morgan fingerprint density at radius 1 is 0.950 bits per heavy atom. The van der Waals surface area contributed by atoms with Gasteiger partial charge >= 0.3 is 0 Å². The molecule has 8 nitrogen and oxygen atoms in total. The molecule has 0 aliphatic carbocycles. The van der Waals surface area contributed by atoms with Gasteiger partial charge in [-0.15, -0.1) is 0 Å². The highest BCUT2D eigenvalue weighted by Gasteiger charge is 2.33. The number of amides is 2. The number of rotatable bonds is 12. The molecule has 0 bridgehead atoms. The van der Waals surface area contributed by atoms with Crippen LogP contribution in [0.15, 0.2) is 77.7 Å². The second-order valence-corrected chi connectivity index (χ2v) is 11.8. The third kappa shape index (κ3) is 7.41. The summed E-state index contributed by atoms with van der Waals surface area (Å²) in [5.74, 6) is -0.138. The minimum atomic E-state index is -4.10. The van der Waals surface area contributed by atoms with E-state index < -0.39 is 28.5 Å². The molecule has 0 fully saturated rings. The first kappa shape index (κ1) is 30.7. The zero-order valence-electron chi connectivity index (χ0n) is 24.0. The van der Waals surface area contributed by atoms with Crippen molar-refractivity contribution >= 4 is 27.5 Å². The molecule has 0 spiro atoms. The maximum atomic E-state index is 14.0. The van der Waals surface area contributed by atoms with E-state index in [-0.39, 0.29) is 23.4 Å². The average Bonchev–Trinajstić information content (AvgIpc) is 2.95. The van der Waals surface area contributed by atoms with Crippen LogP contribution < -0.4 is 14.4 Å². The molecule has 1 N–H and O–H groups in total. The van der Waals surface area contributed by atoms with Gasteiger partial charge in [-0.1, -0.05) is 55.0 Å². The van der Waals surface area contributed by atoms with Crippen molar-refractivity contribution in [2.24, 2.45) is 0 Å². The molecule has 2 amide bonds. The highest BCUT2D eigenvalue weighted by Crippen LogP contribution is 2.28. The van der Waals surface area contributed by atoms with E-state index in [4.69, 9.17) is 4.74 Å². The van der Waals surface area contributed by atoms with Gasteiger partial charge in [0.05, 0.1) is 17.7 Å². The number of benzene rings is 3. The molecular formula is C31H39N3O5S. The van der Waals surface area contributed by atoms with Gasteiger partial charge in [0.2, 0.25) is 11.8 Å². The zero-order valence-corrected chi connectivity index (χ0v) is 24.9. The van der Waals surface area contributed by atoms with Crippen LogP contribution >= 0.6 is 0 Å². The van der Waals surface area contributed by atoms with Crippen molar-refractivity contribution < 1.29 is 22.7 Å². The molecule has 0 saturated heterocycles. The summed E-state index contributed by atoms with van der Waals surface area (Å²) in [6.45, 7) is 8.90. The third-order valence-corrected chi connectivity index (χ3v) is 8.69. The molecule has 214 valence electrons. The number of aryl methyl sites for hydroxylation is 2. The quantitative estimate of drug-likeness (QED) is 0.339. The van der Waals surface area contributed by atoms with Crippen LogP contribution in [0.1, 0.15) is 43.9 Å². The van der Waals surface area contributed by atoms with Crippen LogP contribution in [-0.4, -0.2) is 50.9 Å². The monoisotopic (exact) mass is 565 g/mol. The van der Waals surface area contributed by atoms with Gasteiger partial charge in [-0.3, -0.25) is 13.9 Å². The lowest BCUT2D eigenvalue weighted by molar-refractivity contribution is -0.139. The molecule has 3 rings (SSSR count). The van der Waals surface area contributed by atoms with Crippen molar-refractivity contribution in [3.63, 3.8) is 0 Å². The number of ether oxygens (including phenoxy) is 1. The van der Waals surface area contributed by atoms with Gasteiger partial charge in [0.25, 0.3) is 10.0 Å². The first-order valence-electron chi connectivity index (χ1n) is 13.4. The molecule has 0 aromatic heterocycles. The first-order valence-corrected chi connectivity index (χ1v) is 14.8. The molecule has 9 heteroatoms. The van der Waals surface area contributed by atoms with Crippen molar-refractivity contribution in [3.8, 4) is 5.75 Å². The second-order valence-electron chi connectivity index (χ2n) is 9.98. The van der Waals surface area contributed by atoms with Gasteiger partial charge in [-0.2, -0.15) is 0 Å². The lowest BCUT2D eigenvalue weighted by Crippen LogP contribution is -2.52. The molecule has 2 atom stereocenters. The van der Waals surface area contributed by atoms with Crippen LogP contribution in [0.4, 0.5) is 5.69 Å². The van der Waals surface area contributed by atoms with Crippen molar-refractivity contribution in [3.05, 3.63) is 89.5 Å². The van der Waals surface area contributed by atoms with Crippen molar-refractivity contribution in [1.29, 1.82) is 0 Å². The number of carbonyl (C=O) groups is 2. The molecule has 40 heavy (non-hydrogen) atoms. The molecular weight excluding hydrogens is 526 g/mol. The van der Waals surface area contributed by atoms with E-state index in [9.17, 15) is 18.0 Å². The minimum absolute atomic E-state index is 0.0712. The first-order chi connectivity index (χ1) is 19.0. The Labute approximate surface area is 238 Å². The number of carbonyl (C=O) groups excluding carboxylic acids is 2. The normalized spacial score (nSPS) is 12.8. The fourth-order valence-corrected chi connectivity index (χ4v) is 5.79. The SMILES string of the molecule is CCC(C)NC(=O)C(C)N(Cc1ccc(OC)cc1)C(=O)CN(c1ccc(C)cc1C)S(=O)(=O)c1ccccc1. The van der Waals surface area contributed by atoms with Crippen LogP contribution in [0.2, 0.25) is 0 Å². The van der Waals surface area contributed by atoms with Crippen LogP contribution in [-0.2, 0) is 26.2 Å². The van der Waals surface area contributed by atoms with E-state index >= 15 is 0 Å². The minimum Gasteiger partial charge on any atom is -0.497 e. The summed E-state index contributed by atoms with van der Waals surface area (Å²) in [6, 6.07) is 19.7. The zero-order chi connectivity index (χ0) is 29.4. The number of nitrogens with zero attached hydrogens (tertiary/aromatic N) is 2. The summed E-state index contributed by atoms with van der Waals surface area (Å²) >= 11 is 0. The summed E-state index contributed by atoms with van der Waals surface area (Å²) in [6.07, 6.45) is 0.737. The number of nitrogens with one attached hydrogen (secondary N) is 1. The summed E-state index contributed by atoms with van der Waals surface area (Å²) < 4.78 is 34.2. The van der Waals surface area contributed by atoms with E-state index in [0.717, 1.165) is 27.4 Å². The predicted octanol–water partition coefficient (Wildman–Crippen LogP) is 4.84. The Morgan fingerprint density at radius 3 is 2.17 bits per heavy atom. The van der Waals surface area contributed by atoms with E-state index in [1.54, 1.807) is 50.4 Å². The molecule has 0 saturated carbocycles. The van der Waals surface area contributed by atoms with Crippen LogP contribution in [0.5, 0.6) is 5.75 Å². The molecule has 3 aromatic rings. The van der Waals surface area contributed by atoms with Crippen LogP contribution in [0, 0.1) is 13.8 Å². The fraction of sp³-hybridized carbons (Fsp3) is 0.355. The highest BCUT2D eigenvalue weighted by atomic mass is 32.2. The molecule has 2 unspecified atom stereocenters. The summed E-state index contributed by atoms with van der Waals surface area (Å²) in [7, 11) is -2.53. The van der Waals surface area contributed by atoms with Crippen molar-refractivity contribution in [2.75, 3.05) is 18.0 Å². The van der Waals surface area contributed by atoms with E-state index in [1.807, 2.05) is 52.0 Å². The van der Waals surface area contributed by atoms with Crippen LogP contribution in [0.3, 0.4) is 0 Å². The maximum Gasteiger partial charge on any atom is 0.264 e. The van der Waals surface area contributed by atoms with Crippen molar-refractivity contribution in [1.82, 2.24) is 10.2 Å². The number of anilines is 1. The van der Waals surface area contributed by atoms with Crippen molar-refractivity contribution in [2.45, 2.75) is 64.6 Å². The smallest absolute Gasteiger partial charge is 0.264 e. The van der Waals surface area contributed by atoms with Gasteiger partial charge in [0.15, 0.2) is 0 Å². The molecule has 0 aliphatic heterocycles. The third-order valence-electron chi connectivity index (χ3n) is 6.91. The lowest BCUT2D eigenvalue weighted by atomic mass is 10.1.